The van der Waals surface area contributed by atoms with E-state index in [1.54, 1.807) is 0 Å². The summed E-state index contributed by atoms with van der Waals surface area (Å²) in [4.78, 5) is 2.11. The van der Waals surface area contributed by atoms with E-state index < -0.39 is 0 Å². The van der Waals surface area contributed by atoms with Crippen molar-refractivity contribution >= 4 is 5.69 Å². The van der Waals surface area contributed by atoms with Gasteiger partial charge in [0.1, 0.15) is 0 Å². The summed E-state index contributed by atoms with van der Waals surface area (Å²) in [6.07, 6.45) is 3.78. The molecule has 0 spiro atoms. The quantitative estimate of drug-likeness (QED) is 0.426. The van der Waals surface area contributed by atoms with Crippen molar-refractivity contribution in [1.29, 1.82) is 0 Å². The van der Waals surface area contributed by atoms with Crippen LogP contribution in [0.4, 0.5) is 5.69 Å². The molecule has 0 fully saturated rings. The van der Waals surface area contributed by atoms with Gasteiger partial charge in [0.25, 0.3) is 0 Å². The number of hydrogen-bond acceptors (Lipinski definition) is 3. The summed E-state index contributed by atoms with van der Waals surface area (Å²) in [5.41, 5.74) is 6.92. The molecule has 0 bridgehead atoms. The molecule has 3 nitrogen and oxygen atoms in total. The summed E-state index contributed by atoms with van der Waals surface area (Å²) in [7, 11) is 2.04. The highest BCUT2D eigenvalue weighted by atomic mass is 15.3. The summed E-state index contributed by atoms with van der Waals surface area (Å²) >= 11 is 0. The molecule has 2 rings (SSSR count). The van der Waals surface area contributed by atoms with Gasteiger partial charge in [0.2, 0.25) is 0 Å². The maximum absolute atomic E-state index is 5.29. The smallest absolute Gasteiger partial charge is 0.0805 e. The van der Waals surface area contributed by atoms with E-state index in [9.17, 15) is 0 Å². The number of rotatable bonds is 3. The third-order valence-electron chi connectivity index (χ3n) is 2.85. The summed E-state index contributed by atoms with van der Waals surface area (Å²) in [5, 5.41) is 0. The molecular formula is C11H17N3. The van der Waals surface area contributed by atoms with Crippen LogP contribution in [0.5, 0.6) is 0 Å². The lowest BCUT2D eigenvalue weighted by Crippen LogP contribution is -2.35. The zero-order chi connectivity index (χ0) is 9.97. The number of nitrogens with zero attached hydrogens (tertiary/aromatic N) is 1. The van der Waals surface area contributed by atoms with Crippen molar-refractivity contribution in [1.82, 2.24) is 5.43 Å². The van der Waals surface area contributed by atoms with E-state index in [2.05, 4.69) is 28.5 Å². The van der Waals surface area contributed by atoms with Crippen LogP contribution >= 0.6 is 0 Å². The van der Waals surface area contributed by atoms with E-state index >= 15 is 0 Å². The van der Waals surface area contributed by atoms with Gasteiger partial charge in [-0.25, -0.2) is 5.43 Å². The highest BCUT2D eigenvalue weighted by molar-refractivity contribution is 5.51. The average Bonchev–Trinajstić information content (AvgIpc) is 2.64. The van der Waals surface area contributed by atoms with Crippen molar-refractivity contribution in [2.75, 3.05) is 18.6 Å². The molecule has 0 atom stereocenters. The molecule has 0 amide bonds. The van der Waals surface area contributed by atoms with Crippen molar-refractivity contribution < 1.29 is 0 Å². The Morgan fingerprint density at radius 1 is 1.36 bits per heavy atom. The van der Waals surface area contributed by atoms with Crippen LogP contribution in [0.1, 0.15) is 17.5 Å². The molecule has 14 heavy (non-hydrogen) atoms. The van der Waals surface area contributed by atoms with Gasteiger partial charge in [-0.15, -0.1) is 0 Å². The topological polar surface area (TPSA) is 41.3 Å². The molecule has 1 aliphatic rings. The Kier molecular flexibility index (Phi) is 2.70. The minimum atomic E-state index is 0.679. The fraction of sp³-hybridized carbons (Fsp3) is 0.455. The van der Waals surface area contributed by atoms with Gasteiger partial charge < -0.3 is 4.90 Å². The molecule has 0 unspecified atom stereocenters. The lowest BCUT2D eigenvalue weighted by atomic mass is 10.1. The second-order valence-corrected chi connectivity index (χ2v) is 3.87. The van der Waals surface area contributed by atoms with E-state index in [0.29, 0.717) is 6.67 Å². The lowest BCUT2D eigenvalue weighted by Gasteiger charge is -2.19. The van der Waals surface area contributed by atoms with E-state index in [-0.39, 0.29) is 0 Å². The van der Waals surface area contributed by atoms with Crippen LogP contribution < -0.4 is 16.2 Å². The third kappa shape index (κ3) is 1.74. The Labute approximate surface area is 84.9 Å². The predicted octanol–water partition coefficient (Wildman–Crippen LogP) is 1.03. The Bertz CT molecular complexity index is 322. The van der Waals surface area contributed by atoms with Gasteiger partial charge >= 0.3 is 0 Å². The molecule has 76 valence electrons. The van der Waals surface area contributed by atoms with Gasteiger partial charge in [-0.3, -0.25) is 5.84 Å². The van der Waals surface area contributed by atoms with Crippen molar-refractivity contribution in [3.8, 4) is 0 Å². The largest absolute Gasteiger partial charge is 0.361 e. The van der Waals surface area contributed by atoms with Gasteiger partial charge in [-0.05, 0) is 42.5 Å². The highest BCUT2D eigenvalue weighted by Gasteiger charge is 2.11. The molecule has 0 aromatic heterocycles. The number of hydrazine groups is 1. The molecule has 0 saturated heterocycles. The number of nitrogens with two attached hydrogens (primary N) is 1. The molecule has 0 saturated carbocycles. The van der Waals surface area contributed by atoms with Gasteiger partial charge in [0, 0.05) is 12.7 Å². The number of anilines is 1. The van der Waals surface area contributed by atoms with Crippen LogP contribution in [-0.4, -0.2) is 13.7 Å². The molecular weight excluding hydrogens is 174 g/mol. The van der Waals surface area contributed by atoms with Crippen molar-refractivity contribution in [3.63, 3.8) is 0 Å². The Hall–Kier alpha value is -1.06. The van der Waals surface area contributed by atoms with Gasteiger partial charge in [0.15, 0.2) is 0 Å². The normalized spacial score (nSPS) is 14.1. The average molecular weight is 191 g/mol. The van der Waals surface area contributed by atoms with Gasteiger partial charge in [-0.2, -0.15) is 0 Å². The first-order valence-electron chi connectivity index (χ1n) is 5.07. The van der Waals surface area contributed by atoms with E-state index in [1.165, 1.54) is 36.1 Å². The number of hydrogen-bond donors (Lipinski definition) is 2. The summed E-state index contributed by atoms with van der Waals surface area (Å²) in [6, 6.07) is 6.69. The van der Waals surface area contributed by atoms with Crippen LogP contribution in [0.25, 0.3) is 0 Å². The molecule has 3 heteroatoms. The number of aryl methyl sites for hydroxylation is 2. The first-order valence-corrected chi connectivity index (χ1v) is 5.07. The van der Waals surface area contributed by atoms with Gasteiger partial charge in [-0.1, -0.05) is 6.07 Å². The molecule has 0 aliphatic heterocycles. The Balaban J connectivity index is 2.19. The fourth-order valence-corrected chi connectivity index (χ4v) is 2.02. The minimum Gasteiger partial charge on any atom is -0.361 e. The minimum absolute atomic E-state index is 0.679. The van der Waals surface area contributed by atoms with Crippen LogP contribution in [-0.2, 0) is 12.8 Å². The Morgan fingerprint density at radius 2 is 2.14 bits per heavy atom. The Morgan fingerprint density at radius 3 is 2.93 bits per heavy atom. The zero-order valence-electron chi connectivity index (χ0n) is 8.59. The lowest BCUT2D eigenvalue weighted by molar-refractivity contribution is 0.717. The van der Waals surface area contributed by atoms with E-state index in [1.807, 2.05) is 7.05 Å². The standard InChI is InChI=1S/C11H17N3/c1-14(8-13-12)11-6-5-9-3-2-4-10(9)7-11/h5-7,13H,2-4,8,12H2,1H3. The number of fused-ring (bicyclic) bond motifs is 1. The third-order valence-corrected chi connectivity index (χ3v) is 2.85. The number of benzene rings is 1. The number of nitrogens with one attached hydrogen (secondary N) is 1. The molecule has 1 aromatic carbocycles. The molecule has 1 aliphatic carbocycles. The fourth-order valence-electron chi connectivity index (χ4n) is 2.02. The second kappa shape index (κ2) is 3.98. The summed E-state index contributed by atoms with van der Waals surface area (Å²) in [6.45, 7) is 0.679. The summed E-state index contributed by atoms with van der Waals surface area (Å²) < 4.78 is 0. The maximum Gasteiger partial charge on any atom is 0.0805 e. The first-order chi connectivity index (χ1) is 6.81. The summed E-state index contributed by atoms with van der Waals surface area (Å²) in [5.74, 6) is 5.29. The highest BCUT2D eigenvalue weighted by Crippen LogP contribution is 2.25. The van der Waals surface area contributed by atoms with Crippen molar-refractivity contribution in [2.45, 2.75) is 19.3 Å². The monoisotopic (exact) mass is 191 g/mol. The van der Waals surface area contributed by atoms with Gasteiger partial charge in [0.05, 0.1) is 6.67 Å². The van der Waals surface area contributed by atoms with Crippen LogP contribution in [0.3, 0.4) is 0 Å². The van der Waals surface area contributed by atoms with Crippen LogP contribution in [0, 0.1) is 0 Å². The first kappa shape index (κ1) is 9.49. The molecule has 1 aromatic rings. The zero-order valence-corrected chi connectivity index (χ0v) is 8.59. The molecule has 0 heterocycles. The predicted molar refractivity (Wildman–Crippen MR) is 59.1 cm³/mol. The van der Waals surface area contributed by atoms with Crippen molar-refractivity contribution in [3.05, 3.63) is 29.3 Å². The van der Waals surface area contributed by atoms with Crippen molar-refractivity contribution in [2.24, 2.45) is 5.84 Å². The maximum atomic E-state index is 5.29. The molecule has 3 N–H and O–H groups in total. The SMILES string of the molecule is CN(CNN)c1ccc2c(c1)CCC2. The van der Waals surface area contributed by atoms with Crippen LogP contribution in [0.15, 0.2) is 18.2 Å². The molecule has 0 radical (unpaired) electrons. The van der Waals surface area contributed by atoms with E-state index in [0.717, 1.165) is 0 Å². The second-order valence-electron chi connectivity index (χ2n) is 3.87. The van der Waals surface area contributed by atoms with E-state index in [4.69, 9.17) is 5.84 Å². The van der Waals surface area contributed by atoms with Crippen LogP contribution in [0.2, 0.25) is 0 Å².